The van der Waals surface area contributed by atoms with Crippen molar-refractivity contribution < 1.29 is 14.3 Å². The number of furan rings is 1. The van der Waals surface area contributed by atoms with E-state index in [0.29, 0.717) is 12.3 Å². The van der Waals surface area contributed by atoms with E-state index in [-0.39, 0.29) is 5.76 Å². The fraction of sp³-hybridized carbons (Fsp3) is 0.267. The molecule has 0 radical (unpaired) electrons. The molecule has 1 aromatic heterocycles. The van der Waals surface area contributed by atoms with Gasteiger partial charge in [0.25, 0.3) is 0 Å². The molecule has 1 heterocycles. The molecule has 100 valence electrons. The highest BCUT2D eigenvalue weighted by molar-refractivity contribution is 5.84. The Balaban J connectivity index is 1.83. The summed E-state index contributed by atoms with van der Waals surface area (Å²) in [7, 11) is 0. The molecule has 4 heteroatoms. The van der Waals surface area contributed by atoms with Gasteiger partial charge in [0.2, 0.25) is 5.76 Å². The molecule has 0 saturated carbocycles. The number of nitrogens with one attached hydrogen (secondary N) is 1. The summed E-state index contributed by atoms with van der Waals surface area (Å²) in [5, 5.41) is 12.0. The second kappa shape index (κ2) is 6.20. The van der Waals surface area contributed by atoms with Gasteiger partial charge in [-0.2, -0.15) is 0 Å². The molecule has 2 N–H and O–H groups in total. The van der Waals surface area contributed by atoms with Crippen molar-refractivity contribution in [3.05, 3.63) is 59.0 Å². The molecule has 2 aromatic rings. The third-order valence-electron chi connectivity index (χ3n) is 2.93. The van der Waals surface area contributed by atoms with Crippen LogP contribution in [0.2, 0.25) is 0 Å². The van der Waals surface area contributed by atoms with Crippen molar-refractivity contribution in [1.29, 1.82) is 0 Å². The summed E-state index contributed by atoms with van der Waals surface area (Å²) in [5.74, 6) is -0.437. The van der Waals surface area contributed by atoms with Crippen LogP contribution in [0.5, 0.6) is 0 Å². The lowest BCUT2D eigenvalue weighted by Crippen LogP contribution is -2.12. The zero-order valence-electron chi connectivity index (χ0n) is 10.8. The van der Waals surface area contributed by atoms with Crippen LogP contribution in [0.25, 0.3) is 0 Å². The number of hydrogen-bond donors (Lipinski definition) is 2. The number of carboxylic acid groups (broad SMARTS) is 1. The minimum Gasteiger partial charge on any atom is -0.475 e. The van der Waals surface area contributed by atoms with Gasteiger partial charge >= 0.3 is 5.97 Å². The summed E-state index contributed by atoms with van der Waals surface area (Å²) < 4.78 is 5.16. The molecule has 0 aliphatic rings. The van der Waals surface area contributed by atoms with Crippen molar-refractivity contribution in [2.45, 2.75) is 26.4 Å². The summed E-state index contributed by atoms with van der Waals surface area (Å²) in [6.07, 6.45) is 1.04. The van der Waals surface area contributed by atoms with Gasteiger partial charge in [-0.3, -0.25) is 0 Å². The van der Waals surface area contributed by atoms with Crippen LogP contribution in [0.1, 0.15) is 34.4 Å². The molecule has 1 aromatic carbocycles. The monoisotopic (exact) mass is 259 g/mol. The van der Waals surface area contributed by atoms with Gasteiger partial charge < -0.3 is 14.8 Å². The molecule has 0 unspecified atom stereocenters. The van der Waals surface area contributed by atoms with E-state index >= 15 is 0 Å². The Morgan fingerprint density at radius 3 is 2.37 bits per heavy atom. The second-order valence-electron chi connectivity index (χ2n) is 4.34. The molecule has 19 heavy (non-hydrogen) atoms. The van der Waals surface area contributed by atoms with Crippen molar-refractivity contribution >= 4 is 5.97 Å². The first kappa shape index (κ1) is 13.4. The number of carboxylic acids is 1. The average molecular weight is 259 g/mol. The fourth-order valence-electron chi connectivity index (χ4n) is 1.81. The van der Waals surface area contributed by atoms with E-state index in [0.717, 1.165) is 13.0 Å². The Bertz CT molecular complexity index is 543. The predicted octanol–water partition coefficient (Wildman–Crippen LogP) is 2.83. The van der Waals surface area contributed by atoms with Crippen molar-refractivity contribution in [3.8, 4) is 0 Å². The molecular weight excluding hydrogens is 242 g/mol. The number of aryl methyl sites for hydroxylation is 1. The van der Waals surface area contributed by atoms with E-state index in [1.54, 1.807) is 6.07 Å². The van der Waals surface area contributed by atoms with Crippen LogP contribution in [0.3, 0.4) is 0 Å². The van der Waals surface area contributed by atoms with Crippen LogP contribution < -0.4 is 5.32 Å². The van der Waals surface area contributed by atoms with E-state index in [1.807, 2.05) is 0 Å². The van der Waals surface area contributed by atoms with E-state index < -0.39 is 5.97 Å². The number of hydrogen-bond acceptors (Lipinski definition) is 3. The average Bonchev–Trinajstić information content (AvgIpc) is 2.89. The third kappa shape index (κ3) is 3.69. The van der Waals surface area contributed by atoms with Gasteiger partial charge in [-0.15, -0.1) is 0 Å². The number of rotatable bonds is 6. The summed E-state index contributed by atoms with van der Waals surface area (Å²) in [5.41, 5.74) is 2.52. The van der Waals surface area contributed by atoms with Crippen LogP contribution in [-0.2, 0) is 19.5 Å². The zero-order chi connectivity index (χ0) is 13.7. The summed E-state index contributed by atoms with van der Waals surface area (Å²) in [6, 6.07) is 11.6. The highest BCUT2D eigenvalue weighted by atomic mass is 16.4. The lowest BCUT2D eigenvalue weighted by Gasteiger charge is -2.04. The first-order valence-corrected chi connectivity index (χ1v) is 6.29. The highest BCUT2D eigenvalue weighted by Crippen LogP contribution is 2.08. The Morgan fingerprint density at radius 1 is 1.11 bits per heavy atom. The van der Waals surface area contributed by atoms with Crippen molar-refractivity contribution in [2.75, 3.05) is 0 Å². The second-order valence-corrected chi connectivity index (χ2v) is 4.34. The lowest BCUT2D eigenvalue weighted by atomic mass is 10.1. The quantitative estimate of drug-likeness (QED) is 0.837. The maximum atomic E-state index is 10.7. The van der Waals surface area contributed by atoms with Crippen LogP contribution in [0.15, 0.2) is 40.8 Å². The predicted molar refractivity (Wildman–Crippen MR) is 72.0 cm³/mol. The minimum atomic E-state index is -1.04. The van der Waals surface area contributed by atoms with E-state index in [1.165, 1.54) is 17.2 Å². The summed E-state index contributed by atoms with van der Waals surface area (Å²) >= 11 is 0. The molecule has 0 amide bonds. The van der Waals surface area contributed by atoms with Crippen molar-refractivity contribution in [3.63, 3.8) is 0 Å². The Labute approximate surface area is 112 Å². The maximum Gasteiger partial charge on any atom is 0.371 e. The van der Waals surface area contributed by atoms with Gasteiger partial charge in [0.05, 0.1) is 6.54 Å². The zero-order valence-corrected chi connectivity index (χ0v) is 10.8. The van der Waals surface area contributed by atoms with Crippen molar-refractivity contribution in [2.24, 2.45) is 0 Å². The van der Waals surface area contributed by atoms with Crippen molar-refractivity contribution in [1.82, 2.24) is 5.32 Å². The Kier molecular flexibility index (Phi) is 4.36. The fourth-order valence-corrected chi connectivity index (χ4v) is 1.81. The van der Waals surface area contributed by atoms with Crippen LogP contribution in [-0.4, -0.2) is 11.1 Å². The van der Waals surface area contributed by atoms with E-state index in [2.05, 4.69) is 36.5 Å². The van der Waals surface area contributed by atoms with E-state index in [4.69, 9.17) is 9.52 Å². The smallest absolute Gasteiger partial charge is 0.371 e. The van der Waals surface area contributed by atoms with E-state index in [9.17, 15) is 4.79 Å². The Hall–Kier alpha value is -2.07. The van der Waals surface area contributed by atoms with Crippen LogP contribution in [0.4, 0.5) is 0 Å². The molecule has 0 saturated heterocycles. The van der Waals surface area contributed by atoms with Crippen LogP contribution >= 0.6 is 0 Å². The summed E-state index contributed by atoms with van der Waals surface area (Å²) in [4.78, 5) is 10.7. The third-order valence-corrected chi connectivity index (χ3v) is 2.93. The molecule has 2 rings (SSSR count). The lowest BCUT2D eigenvalue weighted by molar-refractivity contribution is 0.0660. The topological polar surface area (TPSA) is 62.5 Å². The minimum absolute atomic E-state index is 0.0240. The SMILES string of the molecule is CCc1ccc(CNCc2ccc(C(=O)O)o2)cc1. The molecule has 0 bridgehead atoms. The largest absolute Gasteiger partial charge is 0.475 e. The molecule has 0 spiro atoms. The number of carbonyl (C=O) groups is 1. The van der Waals surface area contributed by atoms with Gasteiger partial charge in [0, 0.05) is 6.54 Å². The Morgan fingerprint density at radius 2 is 1.79 bits per heavy atom. The molecule has 0 atom stereocenters. The molecule has 4 nitrogen and oxygen atoms in total. The molecular formula is C15H17NO3. The van der Waals surface area contributed by atoms with Gasteiger partial charge in [0.1, 0.15) is 5.76 Å². The van der Waals surface area contributed by atoms with Crippen LogP contribution in [0, 0.1) is 0 Å². The summed E-state index contributed by atoms with van der Waals surface area (Å²) in [6.45, 7) is 3.38. The standard InChI is InChI=1S/C15H17NO3/c1-2-11-3-5-12(6-4-11)9-16-10-13-7-8-14(19-13)15(17)18/h3-8,16H,2,9-10H2,1H3,(H,17,18). The first-order chi connectivity index (χ1) is 9.19. The maximum absolute atomic E-state index is 10.7. The first-order valence-electron chi connectivity index (χ1n) is 6.29. The number of aromatic carboxylic acids is 1. The molecule has 0 aliphatic heterocycles. The van der Waals surface area contributed by atoms with Gasteiger partial charge in [0.15, 0.2) is 0 Å². The van der Waals surface area contributed by atoms with Gasteiger partial charge in [-0.05, 0) is 29.7 Å². The molecule has 0 aliphatic carbocycles. The van der Waals surface area contributed by atoms with Gasteiger partial charge in [-0.1, -0.05) is 31.2 Å². The highest BCUT2D eigenvalue weighted by Gasteiger charge is 2.08. The number of benzene rings is 1. The normalized spacial score (nSPS) is 10.6. The molecule has 0 fully saturated rings. The van der Waals surface area contributed by atoms with Gasteiger partial charge in [-0.25, -0.2) is 4.79 Å².